The molecule has 0 spiro atoms. The minimum atomic E-state index is -4.99. The number of hydrogen-bond acceptors (Lipinski definition) is 2. The number of hydrogen-bond donors (Lipinski definition) is 1. The van der Waals surface area contributed by atoms with Crippen molar-refractivity contribution in [3.05, 3.63) is 35.9 Å². The molecule has 0 unspecified atom stereocenters. The van der Waals surface area contributed by atoms with Crippen molar-refractivity contribution in [1.82, 2.24) is 9.80 Å². The second-order valence-electron chi connectivity index (χ2n) is 5.17. The average Bonchev–Trinajstić information content (AvgIpc) is 2.45. The van der Waals surface area contributed by atoms with Gasteiger partial charge in [-0.25, -0.2) is 4.79 Å². The molecule has 0 saturated carbocycles. The number of piperazine rings is 1. The molecular formula is C14H15F3N2O3. The third-order valence-electron chi connectivity index (χ3n) is 3.67. The van der Waals surface area contributed by atoms with Crippen LogP contribution in [-0.2, 0) is 4.79 Å². The highest BCUT2D eigenvalue weighted by molar-refractivity contribution is 5.82. The van der Waals surface area contributed by atoms with Crippen molar-refractivity contribution in [2.75, 3.05) is 13.1 Å². The van der Waals surface area contributed by atoms with Gasteiger partial charge in [-0.05, 0) is 12.5 Å². The highest BCUT2D eigenvalue weighted by Gasteiger charge is 2.48. The largest absolute Gasteiger partial charge is 0.471 e. The van der Waals surface area contributed by atoms with Gasteiger partial charge in [0.1, 0.15) is 0 Å². The highest BCUT2D eigenvalue weighted by Crippen LogP contribution is 2.32. The zero-order valence-electron chi connectivity index (χ0n) is 11.7. The Hall–Kier alpha value is -2.25. The standard InChI is InChI=1S/C14H15F3N2O3/c1-9-7-19(12(20)14(15,16)17)11(8-18(9)13(21)22)10-5-3-2-4-6-10/h2-6,9,11H,7-8H2,1H3,(H,21,22)/t9-,11-/m1/s1. The molecule has 1 aliphatic heterocycles. The van der Waals surface area contributed by atoms with E-state index in [0.29, 0.717) is 10.5 Å². The SMILES string of the molecule is C[C@@H]1CN(C(=O)C(F)(F)F)[C@@H](c2ccccc2)CN1C(=O)O. The van der Waals surface area contributed by atoms with E-state index in [1.54, 1.807) is 30.3 Å². The third-order valence-corrected chi connectivity index (χ3v) is 3.67. The number of carbonyl (C=O) groups is 2. The molecule has 1 aromatic carbocycles. The summed E-state index contributed by atoms with van der Waals surface area (Å²) in [5.74, 6) is -1.95. The Kier molecular flexibility index (Phi) is 4.30. The van der Waals surface area contributed by atoms with E-state index >= 15 is 0 Å². The van der Waals surface area contributed by atoms with Crippen molar-refractivity contribution in [3.8, 4) is 0 Å². The number of amides is 2. The van der Waals surface area contributed by atoms with Crippen molar-refractivity contribution in [2.24, 2.45) is 0 Å². The van der Waals surface area contributed by atoms with E-state index in [9.17, 15) is 22.8 Å². The Bertz CT molecular complexity index is 562. The van der Waals surface area contributed by atoms with Gasteiger partial charge in [-0.1, -0.05) is 30.3 Å². The number of nitrogens with zero attached hydrogens (tertiary/aromatic N) is 2. The molecule has 0 radical (unpaired) electrons. The molecule has 2 amide bonds. The number of carbonyl (C=O) groups excluding carboxylic acids is 1. The number of halogens is 3. The summed E-state index contributed by atoms with van der Waals surface area (Å²) >= 11 is 0. The maximum absolute atomic E-state index is 12.8. The van der Waals surface area contributed by atoms with Crippen LogP contribution in [0.1, 0.15) is 18.5 Å². The van der Waals surface area contributed by atoms with E-state index in [1.807, 2.05) is 0 Å². The summed E-state index contributed by atoms with van der Waals surface area (Å²) < 4.78 is 38.4. The Morgan fingerprint density at radius 2 is 1.73 bits per heavy atom. The number of benzene rings is 1. The lowest BCUT2D eigenvalue weighted by Crippen LogP contribution is -2.58. The van der Waals surface area contributed by atoms with Gasteiger partial charge in [0, 0.05) is 19.1 Å². The van der Waals surface area contributed by atoms with Crippen LogP contribution in [0.25, 0.3) is 0 Å². The van der Waals surface area contributed by atoms with Crippen LogP contribution in [-0.4, -0.2) is 52.2 Å². The molecule has 120 valence electrons. The van der Waals surface area contributed by atoms with Gasteiger partial charge in [0.05, 0.1) is 6.04 Å². The molecular weight excluding hydrogens is 301 g/mol. The molecule has 8 heteroatoms. The first-order valence-corrected chi connectivity index (χ1v) is 6.64. The first-order chi connectivity index (χ1) is 10.2. The van der Waals surface area contributed by atoms with E-state index in [4.69, 9.17) is 5.11 Å². The fourth-order valence-corrected chi connectivity index (χ4v) is 2.59. The zero-order chi connectivity index (χ0) is 16.5. The van der Waals surface area contributed by atoms with Crippen molar-refractivity contribution in [3.63, 3.8) is 0 Å². The second kappa shape index (κ2) is 5.86. The van der Waals surface area contributed by atoms with E-state index in [1.165, 1.54) is 6.92 Å². The quantitative estimate of drug-likeness (QED) is 0.866. The third kappa shape index (κ3) is 3.15. The minimum Gasteiger partial charge on any atom is -0.465 e. The second-order valence-corrected chi connectivity index (χ2v) is 5.17. The van der Waals surface area contributed by atoms with Gasteiger partial charge in [0.25, 0.3) is 0 Å². The predicted molar refractivity (Wildman–Crippen MR) is 71.1 cm³/mol. The topological polar surface area (TPSA) is 60.9 Å². The van der Waals surface area contributed by atoms with E-state index in [-0.39, 0.29) is 13.1 Å². The molecule has 1 saturated heterocycles. The summed E-state index contributed by atoms with van der Waals surface area (Å²) in [6, 6.07) is 6.46. The molecule has 0 aliphatic carbocycles. The molecule has 1 aromatic rings. The van der Waals surface area contributed by atoms with Gasteiger partial charge >= 0.3 is 18.2 Å². The van der Waals surface area contributed by atoms with Crippen LogP contribution >= 0.6 is 0 Å². The van der Waals surface area contributed by atoms with Gasteiger partial charge < -0.3 is 14.9 Å². The maximum Gasteiger partial charge on any atom is 0.471 e. The van der Waals surface area contributed by atoms with Crippen molar-refractivity contribution in [1.29, 1.82) is 0 Å². The predicted octanol–water partition coefficient (Wildman–Crippen LogP) is 2.50. The van der Waals surface area contributed by atoms with Crippen LogP contribution in [0.3, 0.4) is 0 Å². The maximum atomic E-state index is 12.8. The van der Waals surface area contributed by atoms with Crippen LogP contribution < -0.4 is 0 Å². The molecule has 22 heavy (non-hydrogen) atoms. The molecule has 0 bridgehead atoms. The highest BCUT2D eigenvalue weighted by atomic mass is 19.4. The lowest BCUT2D eigenvalue weighted by Gasteiger charge is -2.44. The normalized spacial score (nSPS) is 22.5. The molecule has 5 nitrogen and oxygen atoms in total. The Morgan fingerprint density at radius 3 is 2.23 bits per heavy atom. The summed E-state index contributed by atoms with van der Waals surface area (Å²) in [6.07, 6.45) is -6.20. The Labute approximate surface area is 124 Å². The van der Waals surface area contributed by atoms with E-state index in [0.717, 1.165) is 4.90 Å². The first kappa shape index (κ1) is 16.1. The first-order valence-electron chi connectivity index (χ1n) is 6.64. The minimum absolute atomic E-state index is 0.192. The molecule has 1 fully saturated rings. The van der Waals surface area contributed by atoms with Gasteiger partial charge in [-0.3, -0.25) is 4.79 Å². The van der Waals surface area contributed by atoms with Crippen molar-refractivity contribution >= 4 is 12.0 Å². The average molecular weight is 316 g/mol. The summed E-state index contributed by atoms with van der Waals surface area (Å²) in [5, 5.41) is 9.16. The van der Waals surface area contributed by atoms with Crippen molar-refractivity contribution in [2.45, 2.75) is 25.2 Å². The van der Waals surface area contributed by atoms with Crippen LogP contribution in [0.5, 0.6) is 0 Å². The number of rotatable bonds is 1. The monoisotopic (exact) mass is 316 g/mol. The van der Waals surface area contributed by atoms with Gasteiger partial charge in [0.15, 0.2) is 0 Å². The van der Waals surface area contributed by atoms with Crippen LogP contribution in [0.2, 0.25) is 0 Å². The molecule has 1 aliphatic rings. The molecule has 1 N–H and O–H groups in total. The fourth-order valence-electron chi connectivity index (χ4n) is 2.59. The summed E-state index contributed by atoms with van der Waals surface area (Å²) in [7, 11) is 0. The lowest BCUT2D eigenvalue weighted by molar-refractivity contribution is -0.191. The van der Waals surface area contributed by atoms with Gasteiger partial charge in [0.2, 0.25) is 0 Å². The van der Waals surface area contributed by atoms with E-state index in [2.05, 4.69) is 0 Å². The van der Waals surface area contributed by atoms with Gasteiger partial charge in [-0.2, -0.15) is 13.2 Å². The lowest BCUT2D eigenvalue weighted by atomic mass is 10.00. The fraction of sp³-hybridized carbons (Fsp3) is 0.429. The molecule has 0 aromatic heterocycles. The Balaban J connectivity index is 2.37. The van der Waals surface area contributed by atoms with E-state index < -0.39 is 30.3 Å². The number of alkyl halides is 3. The summed E-state index contributed by atoms with van der Waals surface area (Å²) in [6.45, 7) is 0.985. The number of carboxylic acid groups (broad SMARTS) is 1. The van der Waals surface area contributed by atoms with Crippen molar-refractivity contribution < 1.29 is 27.9 Å². The Morgan fingerprint density at radius 1 is 1.14 bits per heavy atom. The smallest absolute Gasteiger partial charge is 0.465 e. The van der Waals surface area contributed by atoms with Crippen LogP contribution in [0.4, 0.5) is 18.0 Å². The summed E-state index contributed by atoms with van der Waals surface area (Å²) in [5.41, 5.74) is 0.471. The molecule has 2 atom stereocenters. The molecule has 2 rings (SSSR count). The zero-order valence-corrected chi connectivity index (χ0v) is 11.7. The van der Waals surface area contributed by atoms with Gasteiger partial charge in [-0.15, -0.1) is 0 Å². The molecule has 1 heterocycles. The summed E-state index contributed by atoms with van der Waals surface area (Å²) in [4.78, 5) is 24.6. The van der Waals surface area contributed by atoms with Crippen LogP contribution in [0, 0.1) is 0 Å². The van der Waals surface area contributed by atoms with Crippen LogP contribution in [0.15, 0.2) is 30.3 Å².